The van der Waals surface area contributed by atoms with Gasteiger partial charge in [0.1, 0.15) is 16.8 Å². The summed E-state index contributed by atoms with van der Waals surface area (Å²) in [4.78, 5) is 0. The van der Waals surface area contributed by atoms with Gasteiger partial charge in [0.25, 0.3) is 0 Å². The van der Waals surface area contributed by atoms with Crippen molar-refractivity contribution in [3.8, 4) is 0 Å². The Kier molecular flexibility index (Phi) is 4.82. The summed E-state index contributed by atoms with van der Waals surface area (Å²) in [7, 11) is -3.28. The molecule has 1 aromatic heterocycles. The molecule has 0 amide bonds. The fourth-order valence-electron chi connectivity index (χ4n) is 1.76. The van der Waals surface area contributed by atoms with E-state index in [2.05, 4.69) is 0 Å². The van der Waals surface area contributed by atoms with Crippen LogP contribution < -0.4 is 5.30 Å². The van der Waals surface area contributed by atoms with E-state index in [0.29, 0.717) is 24.3 Å². The van der Waals surface area contributed by atoms with E-state index in [9.17, 15) is 4.57 Å². The Hall–Kier alpha value is -0.570. The van der Waals surface area contributed by atoms with Gasteiger partial charge in [-0.2, -0.15) is 0 Å². The van der Waals surface area contributed by atoms with Crippen molar-refractivity contribution in [2.75, 3.05) is 13.2 Å². The molecule has 0 aliphatic rings. The van der Waals surface area contributed by atoms with Gasteiger partial charge in [0.15, 0.2) is 0 Å². The van der Waals surface area contributed by atoms with E-state index in [0.717, 1.165) is 5.76 Å². The zero-order chi connectivity index (χ0) is 14.0. The Morgan fingerprint density at radius 3 is 2.11 bits per heavy atom. The van der Waals surface area contributed by atoms with Crippen molar-refractivity contribution < 1.29 is 18.0 Å². The van der Waals surface area contributed by atoms with Gasteiger partial charge in [-0.3, -0.25) is 4.57 Å². The van der Waals surface area contributed by atoms with Crippen LogP contribution in [0.15, 0.2) is 10.5 Å². The van der Waals surface area contributed by atoms with Crippen LogP contribution in [0, 0.1) is 6.92 Å². The summed E-state index contributed by atoms with van der Waals surface area (Å²) in [6.45, 7) is 12.1. The normalized spacial score (nSPS) is 13.0. The molecule has 0 saturated carbocycles. The van der Waals surface area contributed by atoms with Crippen LogP contribution in [-0.2, 0) is 19.0 Å². The zero-order valence-electron chi connectivity index (χ0n) is 12.1. The summed E-state index contributed by atoms with van der Waals surface area (Å²) in [5, 5.41) is 0.552. The summed E-state index contributed by atoms with van der Waals surface area (Å²) < 4.78 is 29.2. The molecule has 0 atom stereocenters. The molecular weight excluding hydrogens is 251 g/mol. The molecule has 0 spiro atoms. The Labute approximate surface area is 109 Å². The second-order valence-electron chi connectivity index (χ2n) is 5.15. The zero-order valence-corrected chi connectivity index (χ0v) is 13.0. The first kappa shape index (κ1) is 15.5. The number of hydrogen-bond acceptors (Lipinski definition) is 4. The maximum absolute atomic E-state index is 12.8. The summed E-state index contributed by atoms with van der Waals surface area (Å²) in [5.74, 6) is 1.39. The van der Waals surface area contributed by atoms with Crippen LogP contribution in [0.4, 0.5) is 0 Å². The van der Waals surface area contributed by atoms with Crippen LogP contribution in [0.2, 0.25) is 0 Å². The number of rotatable bonds is 5. The third-order valence-corrected chi connectivity index (χ3v) is 4.53. The Bertz CT molecular complexity index is 432. The van der Waals surface area contributed by atoms with Gasteiger partial charge in [-0.1, -0.05) is 20.8 Å². The number of aryl methyl sites for hydroxylation is 1. The van der Waals surface area contributed by atoms with E-state index in [1.165, 1.54) is 0 Å². The minimum Gasteiger partial charge on any atom is -0.465 e. The van der Waals surface area contributed by atoms with Crippen LogP contribution in [0.1, 0.15) is 46.1 Å². The standard InChI is InChI=1S/C13H23O4P/c1-7-15-18(14,16-8-2)11-9-10(3)17-12(11)13(4,5)6/h9H,7-8H2,1-6H3. The van der Waals surface area contributed by atoms with Crippen molar-refractivity contribution in [1.29, 1.82) is 0 Å². The van der Waals surface area contributed by atoms with Crippen molar-refractivity contribution in [3.05, 3.63) is 17.6 Å². The second-order valence-corrected chi connectivity index (χ2v) is 7.15. The minimum absolute atomic E-state index is 0.243. The van der Waals surface area contributed by atoms with E-state index < -0.39 is 7.60 Å². The molecule has 5 heteroatoms. The third kappa shape index (κ3) is 3.25. The van der Waals surface area contributed by atoms with E-state index in [1.54, 1.807) is 19.9 Å². The Morgan fingerprint density at radius 1 is 1.22 bits per heavy atom. The van der Waals surface area contributed by atoms with Crippen molar-refractivity contribution in [2.24, 2.45) is 0 Å². The van der Waals surface area contributed by atoms with Gasteiger partial charge in [0.05, 0.1) is 13.2 Å². The first-order valence-electron chi connectivity index (χ1n) is 6.25. The summed E-state index contributed by atoms with van der Waals surface area (Å²) in [6.07, 6.45) is 0. The van der Waals surface area contributed by atoms with Crippen molar-refractivity contribution in [3.63, 3.8) is 0 Å². The molecule has 1 heterocycles. The van der Waals surface area contributed by atoms with Crippen molar-refractivity contribution in [2.45, 2.75) is 47.0 Å². The number of furan rings is 1. The maximum Gasteiger partial charge on any atom is 0.364 e. The first-order chi connectivity index (χ1) is 8.24. The molecule has 0 N–H and O–H groups in total. The molecule has 0 radical (unpaired) electrons. The van der Waals surface area contributed by atoms with Gasteiger partial charge in [-0.15, -0.1) is 0 Å². The molecule has 0 fully saturated rings. The lowest BCUT2D eigenvalue weighted by Crippen LogP contribution is -2.22. The lowest BCUT2D eigenvalue weighted by Gasteiger charge is -2.22. The highest BCUT2D eigenvalue weighted by atomic mass is 31.2. The second kappa shape index (κ2) is 5.60. The molecule has 0 aliphatic carbocycles. The highest BCUT2D eigenvalue weighted by molar-refractivity contribution is 7.62. The third-order valence-electron chi connectivity index (χ3n) is 2.41. The number of hydrogen-bond donors (Lipinski definition) is 0. The SMILES string of the molecule is CCOP(=O)(OCC)c1cc(C)oc1C(C)(C)C. The molecule has 0 aromatic carbocycles. The quantitative estimate of drug-likeness (QED) is 0.767. The van der Waals surface area contributed by atoms with Crippen molar-refractivity contribution in [1.82, 2.24) is 0 Å². The first-order valence-corrected chi connectivity index (χ1v) is 7.79. The minimum atomic E-state index is -3.28. The topological polar surface area (TPSA) is 48.7 Å². The summed E-state index contributed by atoms with van der Waals surface area (Å²) >= 11 is 0. The molecule has 104 valence electrons. The van der Waals surface area contributed by atoms with Gasteiger partial charge >= 0.3 is 7.60 Å². The average Bonchev–Trinajstić information content (AvgIpc) is 2.61. The predicted molar refractivity (Wildman–Crippen MR) is 72.6 cm³/mol. The highest BCUT2D eigenvalue weighted by Crippen LogP contribution is 2.49. The van der Waals surface area contributed by atoms with E-state index in [-0.39, 0.29) is 5.41 Å². The van der Waals surface area contributed by atoms with Gasteiger partial charge in [0, 0.05) is 5.41 Å². The largest absolute Gasteiger partial charge is 0.465 e. The summed E-state index contributed by atoms with van der Waals surface area (Å²) in [6, 6.07) is 1.76. The van der Waals surface area contributed by atoms with Gasteiger partial charge in [-0.25, -0.2) is 0 Å². The van der Waals surface area contributed by atoms with Gasteiger partial charge < -0.3 is 13.5 Å². The fraction of sp³-hybridized carbons (Fsp3) is 0.692. The van der Waals surface area contributed by atoms with Crippen molar-refractivity contribution >= 4 is 12.9 Å². The molecule has 1 rings (SSSR count). The Morgan fingerprint density at radius 2 is 1.72 bits per heavy atom. The van der Waals surface area contributed by atoms with E-state index in [4.69, 9.17) is 13.5 Å². The monoisotopic (exact) mass is 274 g/mol. The van der Waals surface area contributed by atoms with Crippen LogP contribution in [-0.4, -0.2) is 13.2 Å². The molecule has 4 nitrogen and oxygen atoms in total. The van der Waals surface area contributed by atoms with Crippen LogP contribution in [0.25, 0.3) is 0 Å². The van der Waals surface area contributed by atoms with Crippen LogP contribution >= 0.6 is 7.60 Å². The van der Waals surface area contributed by atoms with Gasteiger partial charge in [0.2, 0.25) is 0 Å². The average molecular weight is 274 g/mol. The molecule has 18 heavy (non-hydrogen) atoms. The molecule has 0 saturated heterocycles. The lowest BCUT2D eigenvalue weighted by atomic mass is 9.93. The molecule has 0 unspecified atom stereocenters. The van der Waals surface area contributed by atoms with E-state index >= 15 is 0 Å². The Balaban J connectivity index is 3.33. The fourth-order valence-corrected chi connectivity index (χ4v) is 3.76. The predicted octanol–water partition coefficient (Wildman–Crippen LogP) is 3.78. The van der Waals surface area contributed by atoms with Gasteiger partial charge in [-0.05, 0) is 26.8 Å². The highest BCUT2D eigenvalue weighted by Gasteiger charge is 2.36. The smallest absolute Gasteiger partial charge is 0.364 e. The summed E-state index contributed by atoms with van der Waals surface area (Å²) in [5.41, 5.74) is -0.243. The molecule has 0 aliphatic heterocycles. The molecule has 1 aromatic rings. The van der Waals surface area contributed by atoms with Crippen LogP contribution in [0.3, 0.4) is 0 Å². The van der Waals surface area contributed by atoms with Crippen LogP contribution in [0.5, 0.6) is 0 Å². The molecule has 0 bridgehead atoms. The lowest BCUT2D eigenvalue weighted by molar-refractivity contribution is 0.229. The van der Waals surface area contributed by atoms with E-state index in [1.807, 2.05) is 27.7 Å². The maximum atomic E-state index is 12.8. The molecular formula is C13H23O4P.